The Kier molecular flexibility index (Phi) is 3.59. The molecule has 1 aliphatic rings. The van der Waals surface area contributed by atoms with Crippen molar-refractivity contribution in [2.45, 2.75) is 25.8 Å². The maximum atomic E-state index is 13.0. The summed E-state index contributed by atoms with van der Waals surface area (Å²) in [5.41, 5.74) is 0.288. The molecule has 1 aromatic rings. The Balaban J connectivity index is 2.07. The van der Waals surface area contributed by atoms with Crippen LogP contribution in [0.25, 0.3) is 0 Å². The van der Waals surface area contributed by atoms with E-state index in [0.717, 1.165) is 11.0 Å². The summed E-state index contributed by atoms with van der Waals surface area (Å²) in [4.78, 5) is 35.9. The normalized spacial score (nSPS) is 16.6. The van der Waals surface area contributed by atoms with Crippen molar-refractivity contribution >= 4 is 23.4 Å². The van der Waals surface area contributed by atoms with Crippen LogP contribution < -0.4 is 5.32 Å². The van der Waals surface area contributed by atoms with Crippen LogP contribution in [0.1, 0.15) is 19.8 Å². The number of likely N-dealkylation sites (tertiary alicyclic amines) is 1. The van der Waals surface area contributed by atoms with Gasteiger partial charge >= 0.3 is 0 Å². The summed E-state index contributed by atoms with van der Waals surface area (Å²) < 4.78 is 13.0. The lowest BCUT2D eigenvalue weighted by molar-refractivity contribution is -0.144. The van der Waals surface area contributed by atoms with E-state index in [9.17, 15) is 18.8 Å². The number of carbonyl (C=O) groups excluding carboxylic acids is 3. The zero-order valence-corrected chi connectivity index (χ0v) is 10.4. The van der Waals surface area contributed by atoms with Crippen molar-refractivity contribution in [3.05, 3.63) is 30.1 Å². The van der Waals surface area contributed by atoms with Gasteiger partial charge in [0.05, 0.1) is 0 Å². The van der Waals surface area contributed by atoms with Gasteiger partial charge in [-0.05, 0) is 25.1 Å². The first-order valence-corrected chi connectivity index (χ1v) is 5.90. The van der Waals surface area contributed by atoms with Crippen LogP contribution in [0, 0.1) is 5.82 Å². The highest BCUT2D eigenvalue weighted by atomic mass is 19.1. The Hall–Kier alpha value is -2.24. The van der Waals surface area contributed by atoms with Crippen molar-refractivity contribution in [1.29, 1.82) is 0 Å². The molecule has 0 bridgehead atoms. The van der Waals surface area contributed by atoms with Gasteiger partial charge in [0.2, 0.25) is 17.7 Å². The third-order valence-electron chi connectivity index (χ3n) is 2.95. The minimum atomic E-state index is -0.897. The molecule has 0 radical (unpaired) electrons. The SMILES string of the molecule is CC(C(=O)Nc1cccc(F)c1)N1C(=O)CCC1=O. The molecule has 2 rings (SSSR count). The number of hydrogen-bond acceptors (Lipinski definition) is 3. The molecule has 1 fully saturated rings. The summed E-state index contributed by atoms with van der Waals surface area (Å²) in [5.74, 6) is -1.70. The maximum absolute atomic E-state index is 13.0. The van der Waals surface area contributed by atoms with Crippen LogP contribution in [0.5, 0.6) is 0 Å². The number of benzene rings is 1. The Morgan fingerprint density at radius 2 is 1.95 bits per heavy atom. The van der Waals surface area contributed by atoms with Crippen LogP contribution in [0.15, 0.2) is 24.3 Å². The molecular formula is C13H13FN2O3. The molecule has 0 aliphatic carbocycles. The number of hydrogen-bond donors (Lipinski definition) is 1. The molecule has 0 spiro atoms. The van der Waals surface area contributed by atoms with Gasteiger partial charge in [-0.3, -0.25) is 19.3 Å². The third-order valence-corrected chi connectivity index (χ3v) is 2.95. The molecule has 0 aromatic heterocycles. The van der Waals surface area contributed by atoms with E-state index in [2.05, 4.69) is 5.32 Å². The summed E-state index contributed by atoms with van der Waals surface area (Å²) in [6.45, 7) is 1.47. The van der Waals surface area contributed by atoms with Gasteiger partial charge in [0.25, 0.3) is 0 Å². The molecule has 1 atom stereocenters. The van der Waals surface area contributed by atoms with E-state index < -0.39 is 17.8 Å². The standard InChI is InChI=1S/C13H13FN2O3/c1-8(16-11(17)5-6-12(16)18)13(19)15-10-4-2-3-9(14)7-10/h2-4,7-8H,5-6H2,1H3,(H,15,19). The van der Waals surface area contributed by atoms with Crippen molar-refractivity contribution in [2.75, 3.05) is 5.32 Å². The lowest BCUT2D eigenvalue weighted by Crippen LogP contribution is -2.44. The molecule has 3 amide bonds. The molecule has 19 heavy (non-hydrogen) atoms. The fraction of sp³-hybridized carbons (Fsp3) is 0.308. The van der Waals surface area contributed by atoms with Gasteiger partial charge in [0.15, 0.2) is 0 Å². The van der Waals surface area contributed by atoms with Gasteiger partial charge in [-0.25, -0.2) is 4.39 Å². The molecule has 1 unspecified atom stereocenters. The van der Waals surface area contributed by atoms with E-state index in [4.69, 9.17) is 0 Å². The maximum Gasteiger partial charge on any atom is 0.247 e. The fourth-order valence-corrected chi connectivity index (χ4v) is 1.96. The Bertz CT molecular complexity index is 528. The quantitative estimate of drug-likeness (QED) is 0.837. The number of imide groups is 1. The van der Waals surface area contributed by atoms with Crippen LogP contribution >= 0.6 is 0 Å². The van der Waals surface area contributed by atoms with Crippen LogP contribution in [-0.2, 0) is 14.4 Å². The Morgan fingerprint density at radius 1 is 1.32 bits per heavy atom. The molecular weight excluding hydrogens is 251 g/mol. The zero-order valence-electron chi connectivity index (χ0n) is 10.4. The van der Waals surface area contributed by atoms with E-state index in [-0.39, 0.29) is 30.3 Å². The summed E-state index contributed by atoms with van der Waals surface area (Å²) in [6, 6.07) is 4.51. The van der Waals surface area contributed by atoms with Gasteiger partial charge in [-0.2, -0.15) is 0 Å². The highest BCUT2D eigenvalue weighted by molar-refractivity contribution is 6.07. The number of nitrogens with one attached hydrogen (secondary N) is 1. The number of amides is 3. The van der Waals surface area contributed by atoms with Gasteiger partial charge < -0.3 is 5.32 Å². The average molecular weight is 264 g/mol. The molecule has 1 N–H and O–H groups in total. The summed E-state index contributed by atoms with van der Waals surface area (Å²) in [7, 11) is 0. The first-order valence-electron chi connectivity index (χ1n) is 5.90. The smallest absolute Gasteiger partial charge is 0.247 e. The molecule has 0 saturated carbocycles. The molecule has 1 aliphatic heterocycles. The minimum Gasteiger partial charge on any atom is -0.324 e. The number of carbonyl (C=O) groups is 3. The molecule has 6 heteroatoms. The van der Waals surface area contributed by atoms with Gasteiger partial charge in [-0.1, -0.05) is 6.07 Å². The van der Waals surface area contributed by atoms with Gasteiger partial charge in [-0.15, -0.1) is 0 Å². The largest absolute Gasteiger partial charge is 0.324 e. The molecule has 5 nitrogen and oxygen atoms in total. The number of halogens is 1. The summed E-state index contributed by atoms with van der Waals surface area (Å²) >= 11 is 0. The van der Waals surface area contributed by atoms with E-state index in [1.807, 2.05) is 0 Å². The Labute approximate surface area is 109 Å². The highest BCUT2D eigenvalue weighted by Gasteiger charge is 2.36. The number of rotatable bonds is 3. The van der Waals surface area contributed by atoms with Crippen molar-refractivity contribution in [2.24, 2.45) is 0 Å². The fourth-order valence-electron chi connectivity index (χ4n) is 1.96. The first kappa shape index (κ1) is 13.2. The lowest BCUT2D eigenvalue weighted by atomic mass is 10.2. The molecule has 1 heterocycles. The first-order chi connectivity index (χ1) is 8.99. The topological polar surface area (TPSA) is 66.5 Å². The summed E-state index contributed by atoms with van der Waals surface area (Å²) in [5, 5.41) is 2.48. The second-order valence-corrected chi connectivity index (χ2v) is 4.33. The van der Waals surface area contributed by atoms with Crippen molar-refractivity contribution in [3.63, 3.8) is 0 Å². The number of anilines is 1. The predicted molar refractivity (Wildman–Crippen MR) is 65.6 cm³/mol. The summed E-state index contributed by atoms with van der Waals surface area (Å²) in [6.07, 6.45) is 0.271. The lowest BCUT2D eigenvalue weighted by Gasteiger charge is -2.21. The highest BCUT2D eigenvalue weighted by Crippen LogP contribution is 2.17. The van der Waals surface area contributed by atoms with Crippen molar-refractivity contribution in [1.82, 2.24) is 4.90 Å². The minimum absolute atomic E-state index is 0.135. The predicted octanol–water partition coefficient (Wildman–Crippen LogP) is 1.30. The van der Waals surface area contributed by atoms with Crippen LogP contribution in [0.4, 0.5) is 10.1 Å². The van der Waals surface area contributed by atoms with Crippen molar-refractivity contribution in [3.8, 4) is 0 Å². The third kappa shape index (κ3) is 2.78. The van der Waals surface area contributed by atoms with E-state index in [1.54, 1.807) is 0 Å². The zero-order chi connectivity index (χ0) is 14.0. The van der Waals surface area contributed by atoms with E-state index in [0.29, 0.717) is 0 Å². The van der Waals surface area contributed by atoms with Gasteiger partial charge in [0.1, 0.15) is 11.9 Å². The molecule has 100 valence electrons. The monoisotopic (exact) mass is 264 g/mol. The van der Waals surface area contributed by atoms with E-state index >= 15 is 0 Å². The van der Waals surface area contributed by atoms with Crippen LogP contribution in [0.2, 0.25) is 0 Å². The van der Waals surface area contributed by atoms with Crippen molar-refractivity contribution < 1.29 is 18.8 Å². The second kappa shape index (κ2) is 5.17. The van der Waals surface area contributed by atoms with Crippen LogP contribution in [-0.4, -0.2) is 28.7 Å². The van der Waals surface area contributed by atoms with Gasteiger partial charge in [0, 0.05) is 18.5 Å². The molecule has 1 saturated heterocycles. The molecule has 1 aromatic carbocycles. The average Bonchev–Trinajstić information content (AvgIpc) is 2.68. The Morgan fingerprint density at radius 3 is 2.53 bits per heavy atom. The second-order valence-electron chi connectivity index (χ2n) is 4.33. The number of nitrogens with zero attached hydrogens (tertiary/aromatic N) is 1. The van der Waals surface area contributed by atoms with Crippen LogP contribution in [0.3, 0.4) is 0 Å². The van der Waals surface area contributed by atoms with E-state index in [1.165, 1.54) is 25.1 Å².